The summed E-state index contributed by atoms with van der Waals surface area (Å²) >= 11 is 6.23. The second-order valence-corrected chi connectivity index (χ2v) is 9.59. The molecule has 164 valence electrons. The van der Waals surface area contributed by atoms with Crippen molar-refractivity contribution in [1.82, 2.24) is 9.80 Å². The van der Waals surface area contributed by atoms with Crippen molar-refractivity contribution < 1.29 is 4.79 Å². The molecule has 3 aliphatic rings. The molecule has 0 aromatic heterocycles. The molecule has 0 N–H and O–H groups in total. The molecule has 2 aromatic carbocycles. The number of halogens is 1. The van der Waals surface area contributed by atoms with Gasteiger partial charge in [-0.05, 0) is 61.1 Å². The van der Waals surface area contributed by atoms with E-state index in [1.54, 1.807) is 6.07 Å². The summed E-state index contributed by atoms with van der Waals surface area (Å²) < 4.78 is 0. The lowest BCUT2D eigenvalue weighted by Crippen LogP contribution is -2.48. The van der Waals surface area contributed by atoms with Gasteiger partial charge in [-0.25, -0.2) is 0 Å². The number of carbonyl (C=O) groups excluding carboxylic acids is 1. The molecule has 2 heterocycles. The van der Waals surface area contributed by atoms with Crippen LogP contribution in [0.5, 0.6) is 0 Å². The van der Waals surface area contributed by atoms with Gasteiger partial charge in [0.15, 0.2) is 0 Å². The van der Waals surface area contributed by atoms with Crippen molar-refractivity contribution in [3.8, 4) is 0 Å². The average molecular weight is 438 g/mol. The van der Waals surface area contributed by atoms with E-state index in [9.17, 15) is 4.79 Å². The van der Waals surface area contributed by atoms with E-state index in [4.69, 9.17) is 11.6 Å². The first kappa shape index (κ1) is 20.8. The summed E-state index contributed by atoms with van der Waals surface area (Å²) in [4.78, 5) is 20.0. The highest BCUT2D eigenvalue weighted by Gasteiger charge is 2.26. The molecule has 2 aliphatic heterocycles. The fourth-order valence-corrected chi connectivity index (χ4v) is 5.75. The largest absolute Gasteiger partial charge is 0.368 e. The molecule has 31 heavy (non-hydrogen) atoms. The molecule has 0 unspecified atom stereocenters. The van der Waals surface area contributed by atoms with Crippen molar-refractivity contribution in [2.45, 2.75) is 44.6 Å². The zero-order chi connectivity index (χ0) is 21.2. The van der Waals surface area contributed by atoms with Crippen LogP contribution in [0.15, 0.2) is 42.5 Å². The predicted molar refractivity (Wildman–Crippen MR) is 127 cm³/mol. The lowest BCUT2D eigenvalue weighted by atomic mass is 10.0. The Hall–Kier alpha value is -2.04. The Kier molecular flexibility index (Phi) is 6.20. The third kappa shape index (κ3) is 4.47. The maximum Gasteiger partial charge on any atom is 0.255 e. The monoisotopic (exact) mass is 437 g/mol. The number of benzene rings is 2. The molecule has 0 bridgehead atoms. The number of amides is 1. The van der Waals surface area contributed by atoms with Gasteiger partial charge in [-0.15, -0.1) is 0 Å². The molecule has 1 saturated carbocycles. The van der Waals surface area contributed by atoms with E-state index in [2.05, 4.69) is 28.0 Å². The quantitative estimate of drug-likeness (QED) is 0.699. The summed E-state index contributed by atoms with van der Waals surface area (Å²) in [6.07, 6.45) is 7.92. The van der Waals surface area contributed by atoms with Gasteiger partial charge < -0.3 is 9.80 Å². The van der Waals surface area contributed by atoms with Crippen LogP contribution in [0, 0.1) is 0 Å². The van der Waals surface area contributed by atoms with E-state index >= 15 is 0 Å². The lowest BCUT2D eigenvalue weighted by Gasteiger charge is -2.36. The number of anilines is 1. The molecule has 2 fully saturated rings. The number of fused-ring (bicyclic) bond motifs is 1. The highest BCUT2D eigenvalue weighted by Crippen LogP contribution is 2.28. The zero-order valence-electron chi connectivity index (χ0n) is 18.2. The number of hydrogen-bond donors (Lipinski definition) is 0. The summed E-state index contributed by atoms with van der Waals surface area (Å²) in [7, 11) is 0. The molecular weight excluding hydrogens is 406 g/mol. The maximum absolute atomic E-state index is 12.9. The molecular formula is C26H32ClN3O. The number of hydrogen-bond acceptors (Lipinski definition) is 3. The van der Waals surface area contributed by atoms with Gasteiger partial charge in [0.05, 0.1) is 10.6 Å². The summed E-state index contributed by atoms with van der Waals surface area (Å²) in [6.45, 7) is 5.60. The fraction of sp³-hybridized carbons (Fsp3) is 0.500. The van der Waals surface area contributed by atoms with Crippen molar-refractivity contribution in [3.05, 3.63) is 64.2 Å². The maximum atomic E-state index is 12.9. The number of nitrogens with zero attached hydrogens (tertiary/aromatic N) is 3. The van der Waals surface area contributed by atoms with Crippen LogP contribution in [0.4, 0.5) is 5.69 Å². The van der Waals surface area contributed by atoms with Crippen molar-refractivity contribution in [2.24, 2.45) is 0 Å². The molecule has 0 radical (unpaired) electrons. The normalized spacial score (nSPS) is 20.5. The van der Waals surface area contributed by atoms with Gasteiger partial charge in [-0.2, -0.15) is 0 Å². The van der Waals surface area contributed by atoms with E-state index in [0.717, 1.165) is 38.6 Å². The molecule has 1 amide bonds. The van der Waals surface area contributed by atoms with Gasteiger partial charge in [0.2, 0.25) is 0 Å². The van der Waals surface area contributed by atoms with Gasteiger partial charge in [0, 0.05) is 51.0 Å². The first-order chi connectivity index (χ1) is 15.2. The van der Waals surface area contributed by atoms with Crippen LogP contribution >= 0.6 is 11.6 Å². The van der Waals surface area contributed by atoms with Crippen LogP contribution in [0.25, 0.3) is 0 Å². The topological polar surface area (TPSA) is 26.8 Å². The van der Waals surface area contributed by atoms with Gasteiger partial charge in [-0.3, -0.25) is 9.69 Å². The van der Waals surface area contributed by atoms with Crippen LogP contribution in [0.1, 0.15) is 47.2 Å². The molecule has 2 aromatic rings. The summed E-state index contributed by atoms with van der Waals surface area (Å²) in [5, 5.41) is 0.535. The molecule has 0 spiro atoms. The second kappa shape index (κ2) is 9.22. The minimum atomic E-state index is 0.0409. The standard InChI is InChI=1S/C26H32ClN3O/c27-25-8-4-3-7-24(25)26(31)30-17-15-29(16-18-30)23-10-9-20-11-13-28(14-12-21(20)19-23)22-5-1-2-6-22/h3-4,7-10,19,22H,1-2,5-6,11-18H2. The minimum absolute atomic E-state index is 0.0409. The zero-order valence-corrected chi connectivity index (χ0v) is 19.0. The first-order valence-electron chi connectivity index (χ1n) is 11.8. The SMILES string of the molecule is O=C(c1ccccc1Cl)N1CCN(c2ccc3c(c2)CCN(C2CCCC2)CC3)CC1. The van der Waals surface area contributed by atoms with Crippen LogP contribution < -0.4 is 4.90 Å². The summed E-state index contributed by atoms with van der Waals surface area (Å²) in [6, 6.07) is 15.2. The van der Waals surface area contributed by atoms with E-state index in [1.165, 1.54) is 62.0 Å². The Morgan fingerprint density at radius 1 is 0.839 bits per heavy atom. The van der Waals surface area contributed by atoms with E-state index < -0.39 is 0 Å². The van der Waals surface area contributed by atoms with Gasteiger partial charge in [0.25, 0.3) is 5.91 Å². The molecule has 1 saturated heterocycles. The van der Waals surface area contributed by atoms with Crippen LogP contribution in [-0.2, 0) is 12.8 Å². The Morgan fingerprint density at radius 3 is 2.29 bits per heavy atom. The van der Waals surface area contributed by atoms with E-state index in [-0.39, 0.29) is 5.91 Å². The van der Waals surface area contributed by atoms with Gasteiger partial charge in [-0.1, -0.05) is 42.6 Å². The average Bonchev–Trinajstić information content (AvgIpc) is 3.26. The minimum Gasteiger partial charge on any atom is -0.368 e. The lowest BCUT2D eigenvalue weighted by molar-refractivity contribution is 0.0747. The van der Waals surface area contributed by atoms with Crippen LogP contribution in [0.2, 0.25) is 5.02 Å². The number of rotatable bonds is 3. The van der Waals surface area contributed by atoms with Crippen molar-refractivity contribution in [1.29, 1.82) is 0 Å². The summed E-state index contributed by atoms with van der Waals surface area (Å²) in [5.74, 6) is 0.0409. The summed E-state index contributed by atoms with van der Waals surface area (Å²) in [5.41, 5.74) is 4.96. The third-order valence-corrected chi connectivity index (χ3v) is 7.73. The molecule has 1 aliphatic carbocycles. The van der Waals surface area contributed by atoms with E-state index in [1.807, 2.05) is 23.1 Å². The Labute approximate surface area is 190 Å². The Morgan fingerprint density at radius 2 is 1.55 bits per heavy atom. The van der Waals surface area contributed by atoms with Crippen molar-refractivity contribution in [3.63, 3.8) is 0 Å². The predicted octanol–water partition coefficient (Wildman–Crippen LogP) is 4.65. The highest BCUT2D eigenvalue weighted by atomic mass is 35.5. The molecule has 5 rings (SSSR count). The fourth-order valence-electron chi connectivity index (χ4n) is 5.53. The van der Waals surface area contributed by atoms with Gasteiger partial charge in [0.1, 0.15) is 0 Å². The van der Waals surface area contributed by atoms with Crippen molar-refractivity contribution in [2.75, 3.05) is 44.2 Å². The number of carbonyl (C=O) groups is 1. The van der Waals surface area contributed by atoms with Crippen LogP contribution in [-0.4, -0.2) is 61.0 Å². The van der Waals surface area contributed by atoms with Crippen molar-refractivity contribution >= 4 is 23.2 Å². The third-order valence-electron chi connectivity index (χ3n) is 7.40. The smallest absolute Gasteiger partial charge is 0.255 e. The molecule has 4 nitrogen and oxygen atoms in total. The highest BCUT2D eigenvalue weighted by molar-refractivity contribution is 6.33. The number of piperazine rings is 1. The molecule has 5 heteroatoms. The Balaban J connectivity index is 1.22. The van der Waals surface area contributed by atoms with Gasteiger partial charge >= 0.3 is 0 Å². The van der Waals surface area contributed by atoms with E-state index in [0.29, 0.717) is 10.6 Å². The molecule has 0 atom stereocenters. The first-order valence-corrected chi connectivity index (χ1v) is 12.2. The Bertz CT molecular complexity index is 932. The second-order valence-electron chi connectivity index (χ2n) is 9.19. The van der Waals surface area contributed by atoms with Crippen LogP contribution in [0.3, 0.4) is 0 Å².